The van der Waals surface area contributed by atoms with E-state index in [1.165, 1.54) is 38.5 Å². The molecule has 0 saturated heterocycles. The van der Waals surface area contributed by atoms with Gasteiger partial charge < -0.3 is 0 Å². The molecule has 0 aromatic carbocycles. The van der Waals surface area contributed by atoms with Crippen molar-refractivity contribution in [2.75, 3.05) is 0 Å². The molecule has 18 heavy (non-hydrogen) atoms. The van der Waals surface area contributed by atoms with Gasteiger partial charge in [0, 0.05) is 21.1 Å². The van der Waals surface area contributed by atoms with Crippen molar-refractivity contribution in [3.63, 3.8) is 0 Å². The summed E-state index contributed by atoms with van der Waals surface area (Å²) >= 11 is 0. The van der Waals surface area contributed by atoms with Crippen molar-refractivity contribution in [2.45, 2.75) is 38.5 Å². The molecule has 1 N–H and O–H groups in total. The van der Waals surface area contributed by atoms with Gasteiger partial charge in [-0.05, 0) is 57.8 Å². The largest absolute Gasteiger partial charge is 0.0533 e. The summed E-state index contributed by atoms with van der Waals surface area (Å²) in [4.78, 5) is 7.50. The molecular formula is C14H20MoNO2. The van der Waals surface area contributed by atoms with Gasteiger partial charge in [0.25, 0.3) is 0 Å². The molecular weight excluding hydrogens is 310 g/mol. The number of nitrogens with one attached hydrogen (secondary N) is 1. The molecule has 0 atom stereocenters. The average Bonchev–Trinajstić information content (AvgIpc) is 2.92. The standard InChI is InChI=1S/C8H14.C5H5.CO.Mo.HNO/c1-2-4-6-8-7-5-3-1;1-2-4-5-3-1;1-2;;1-2/h1-2H,3-8H2;1-5H;;;1H. The Kier molecular flexibility index (Phi) is 33.1. The van der Waals surface area contributed by atoms with E-state index < -0.39 is 0 Å². The van der Waals surface area contributed by atoms with E-state index in [-0.39, 0.29) is 21.1 Å². The third-order valence-electron chi connectivity index (χ3n) is 2.21. The smallest absolute Gasteiger partial charge is 0 e. The molecule has 0 aliphatic heterocycles. The van der Waals surface area contributed by atoms with Gasteiger partial charge in [-0.1, -0.05) is 31.3 Å². The van der Waals surface area contributed by atoms with Crippen LogP contribution in [0.15, 0.2) is 0 Å². The monoisotopic (exact) mass is 332 g/mol. The summed E-state index contributed by atoms with van der Waals surface area (Å²) in [5, 5.41) is 0. The van der Waals surface area contributed by atoms with Crippen LogP contribution in [0, 0.1) is 62.1 Å². The predicted octanol–water partition coefficient (Wildman–Crippen LogP) is 4.06. The molecule has 0 amide bonds. The van der Waals surface area contributed by atoms with E-state index in [2.05, 4.69) is 25.1 Å². The van der Waals surface area contributed by atoms with E-state index in [1.54, 1.807) is 0 Å². The van der Waals surface area contributed by atoms with E-state index in [0.29, 0.717) is 0 Å². The molecule has 0 aromatic rings. The van der Waals surface area contributed by atoms with Gasteiger partial charge in [0.05, 0.1) is 0 Å². The maximum atomic E-state index is 7.50. The van der Waals surface area contributed by atoms with Crippen LogP contribution in [0.3, 0.4) is 0 Å². The first-order chi connectivity index (χ1) is 8.50. The minimum Gasteiger partial charge on any atom is -0.0533 e. The summed E-state index contributed by atoms with van der Waals surface area (Å²) < 4.78 is 7.50. The van der Waals surface area contributed by atoms with Gasteiger partial charge in [0.1, 0.15) is 0 Å². The quantitative estimate of drug-likeness (QED) is 0.310. The van der Waals surface area contributed by atoms with Crippen LogP contribution < -0.4 is 0 Å². The molecule has 2 saturated carbocycles. The van der Waals surface area contributed by atoms with Gasteiger partial charge in [0.2, 0.25) is 0 Å². The minimum atomic E-state index is 0. The summed E-state index contributed by atoms with van der Waals surface area (Å²) in [6.07, 6.45) is 23.0. The van der Waals surface area contributed by atoms with E-state index >= 15 is 0 Å². The van der Waals surface area contributed by atoms with Crippen LogP contribution in [0.5, 0.6) is 0 Å². The zero-order valence-electron chi connectivity index (χ0n) is 10.5. The third kappa shape index (κ3) is 21.3. The first-order valence-electron chi connectivity index (χ1n) is 5.72. The number of hydrogen-bond donors (Lipinski definition) is 1. The Morgan fingerprint density at radius 3 is 1.28 bits per heavy atom. The molecule has 99 valence electrons. The molecule has 0 spiro atoms. The molecule has 0 bridgehead atoms. The molecule has 2 fully saturated rings. The third-order valence-corrected chi connectivity index (χ3v) is 2.21. The van der Waals surface area contributed by atoms with Crippen molar-refractivity contribution in [1.82, 2.24) is 0 Å². The molecule has 7 radical (unpaired) electrons. The Hall–Kier alpha value is 0.0283. The number of rotatable bonds is 0. The van der Waals surface area contributed by atoms with Crippen LogP contribution >= 0.6 is 0 Å². The Labute approximate surface area is 126 Å². The van der Waals surface area contributed by atoms with Gasteiger partial charge in [0.15, 0.2) is 0 Å². The zero-order valence-corrected chi connectivity index (χ0v) is 12.5. The molecule has 3 nitrogen and oxygen atoms in total. The fraction of sp³-hybridized carbons (Fsp3) is 0.429. The summed E-state index contributed by atoms with van der Waals surface area (Å²) in [6.45, 7) is 4.50. The van der Waals surface area contributed by atoms with Crippen LogP contribution in [0.2, 0.25) is 0 Å². The molecule has 2 aliphatic carbocycles. The maximum Gasteiger partial charge on any atom is 0 e. The van der Waals surface area contributed by atoms with Crippen LogP contribution in [0.25, 0.3) is 0 Å². The van der Waals surface area contributed by atoms with Gasteiger partial charge >= 0.3 is 11.3 Å². The van der Waals surface area contributed by atoms with Crippen molar-refractivity contribution in [3.8, 4) is 0 Å². The van der Waals surface area contributed by atoms with E-state index in [4.69, 9.17) is 9.56 Å². The fourth-order valence-electron chi connectivity index (χ4n) is 1.43. The molecule has 0 heterocycles. The van der Waals surface area contributed by atoms with Gasteiger partial charge in [-0.25, -0.2) is 0 Å². The first kappa shape index (κ1) is 23.1. The number of hydrogen-bond acceptors (Lipinski definition) is 2. The molecule has 0 unspecified atom stereocenters. The van der Waals surface area contributed by atoms with Crippen molar-refractivity contribution in [2.24, 2.45) is 0 Å². The summed E-state index contributed by atoms with van der Waals surface area (Å²) in [5.74, 6) is 0. The van der Waals surface area contributed by atoms with Crippen LogP contribution in [-0.2, 0) is 25.7 Å². The maximum absolute atomic E-state index is 7.50. The van der Waals surface area contributed by atoms with E-state index in [0.717, 1.165) is 0 Å². The first-order valence-corrected chi connectivity index (χ1v) is 5.72. The van der Waals surface area contributed by atoms with E-state index in [1.807, 2.05) is 32.1 Å². The topological polar surface area (TPSA) is 60.8 Å². The Balaban J connectivity index is -0.000000196. The Bertz CT molecular complexity index is 118. The van der Waals surface area contributed by atoms with Crippen LogP contribution in [-0.4, -0.2) is 0 Å². The fourth-order valence-corrected chi connectivity index (χ4v) is 1.43. The van der Waals surface area contributed by atoms with Crippen LogP contribution in [0.1, 0.15) is 38.5 Å². The zero-order chi connectivity index (χ0) is 13.2. The second-order valence-electron chi connectivity index (χ2n) is 3.43. The Morgan fingerprint density at radius 2 is 1.00 bits per heavy atom. The van der Waals surface area contributed by atoms with Gasteiger partial charge in [-0.15, -0.1) is 0 Å². The molecule has 2 rings (SSSR count). The van der Waals surface area contributed by atoms with Crippen molar-refractivity contribution < 1.29 is 25.7 Å². The summed E-state index contributed by atoms with van der Waals surface area (Å²) in [7, 11) is 0. The van der Waals surface area contributed by atoms with E-state index in [9.17, 15) is 0 Å². The number of nitroso groups, excluding NO2 is 1. The Morgan fingerprint density at radius 1 is 0.722 bits per heavy atom. The molecule has 0 aromatic heterocycles. The molecule has 4 heteroatoms. The van der Waals surface area contributed by atoms with Crippen molar-refractivity contribution in [1.29, 1.82) is 5.59 Å². The van der Waals surface area contributed by atoms with Crippen LogP contribution in [0.4, 0.5) is 0 Å². The summed E-state index contributed by atoms with van der Waals surface area (Å²) in [5.41, 5.74) is 4.50. The second kappa shape index (κ2) is 25.8. The van der Waals surface area contributed by atoms with Gasteiger partial charge in [-0.3, -0.25) is 0 Å². The normalized spacial score (nSPS) is 17.7. The second-order valence-corrected chi connectivity index (χ2v) is 3.43. The minimum absolute atomic E-state index is 0. The summed E-state index contributed by atoms with van der Waals surface area (Å²) in [6, 6.07) is 0. The SMILES string of the molecule is N=O.[C-]#[O+].[CH]1[CH]CCCCCC1.[CH]1[CH][CH][CH][CH]1.[Mo]. The van der Waals surface area contributed by atoms with Crippen molar-refractivity contribution >= 4 is 0 Å². The molecule has 2 aliphatic rings. The van der Waals surface area contributed by atoms with Crippen molar-refractivity contribution in [3.05, 3.63) is 56.5 Å². The average molecular weight is 330 g/mol. The van der Waals surface area contributed by atoms with Gasteiger partial charge in [-0.2, -0.15) is 4.91 Å². The predicted molar refractivity (Wildman–Crippen MR) is 67.8 cm³/mol.